The van der Waals surface area contributed by atoms with Gasteiger partial charge in [-0.05, 0) is 49.3 Å². The van der Waals surface area contributed by atoms with Gasteiger partial charge in [-0.2, -0.15) is 0 Å². The molecule has 3 N–H and O–H groups in total. The highest BCUT2D eigenvalue weighted by molar-refractivity contribution is 6.29. The first-order chi connectivity index (χ1) is 11.2. The minimum absolute atomic E-state index is 0.0841. The first-order valence-corrected chi connectivity index (χ1v) is 8.27. The number of hydrogen-bond donors (Lipinski definition) is 2. The van der Waals surface area contributed by atoms with E-state index in [1.54, 1.807) is 6.20 Å². The van der Waals surface area contributed by atoms with Gasteiger partial charge in [-0.3, -0.25) is 4.98 Å². The second-order valence-corrected chi connectivity index (χ2v) is 6.27. The van der Waals surface area contributed by atoms with Crippen LogP contribution in [0.5, 0.6) is 0 Å². The zero-order valence-corrected chi connectivity index (χ0v) is 13.7. The molecular weight excluding hydrogens is 312 g/mol. The fourth-order valence-corrected chi connectivity index (χ4v) is 2.99. The Morgan fingerprint density at radius 3 is 2.83 bits per heavy atom. The zero-order valence-electron chi connectivity index (χ0n) is 12.9. The number of benzene rings is 1. The predicted molar refractivity (Wildman–Crippen MR) is 91.7 cm³/mol. The molecule has 0 amide bonds. The molecule has 0 saturated carbocycles. The first kappa shape index (κ1) is 16.2. The number of ether oxygens (including phenoxy) is 1. The van der Waals surface area contributed by atoms with Crippen molar-refractivity contribution in [1.29, 1.82) is 0 Å². The molecule has 1 aliphatic rings. The van der Waals surface area contributed by atoms with Gasteiger partial charge in [-0.25, -0.2) is 4.98 Å². The number of anilines is 2. The van der Waals surface area contributed by atoms with E-state index in [0.717, 1.165) is 38.0 Å². The molecule has 0 aliphatic carbocycles. The average Bonchev–Trinajstić information content (AvgIpc) is 2.54. The van der Waals surface area contributed by atoms with E-state index in [9.17, 15) is 0 Å². The highest BCUT2D eigenvalue weighted by Crippen LogP contribution is 2.23. The molecule has 122 valence electrons. The monoisotopic (exact) mass is 332 g/mol. The number of nitrogens with two attached hydrogens (primary N) is 1. The van der Waals surface area contributed by atoms with E-state index in [2.05, 4.69) is 27.4 Å². The molecule has 3 rings (SSSR count). The summed E-state index contributed by atoms with van der Waals surface area (Å²) in [6, 6.07) is 8.38. The molecule has 0 bridgehead atoms. The minimum atomic E-state index is -0.0841. The van der Waals surface area contributed by atoms with Crippen LogP contribution in [0.4, 0.5) is 11.5 Å². The maximum absolute atomic E-state index is 5.85. The molecule has 2 aromatic rings. The topological polar surface area (TPSA) is 73.1 Å². The van der Waals surface area contributed by atoms with Crippen LogP contribution in [-0.2, 0) is 11.2 Å². The van der Waals surface area contributed by atoms with E-state index in [0.29, 0.717) is 16.9 Å². The van der Waals surface area contributed by atoms with Crippen molar-refractivity contribution >= 4 is 23.1 Å². The molecule has 1 aromatic heterocycles. The van der Waals surface area contributed by atoms with Crippen molar-refractivity contribution < 1.29 is 4.74 Å². The number of hydrogen-bond acceptors (Lipinski definition) is 5. The molecular formula is C17H21ClN4O. The van der Waals surface area contributed by atoms with Gasteiger partial charge >= 0.3 is 0 Å². The van der Waals surface area contributed by atoms with Crippen LogP contribution in [0.15, 0.2) is 36.7 Å². The predicted octanol–water partition coefficient (Wildman–Crippen LogP) is 3.52. The number of rotatable bonds is 5. The lowest BCUT2D eigenvalue weighted by molar-refractivity contribution is -0.00624. The van der Waals surface area contributed by atoms with Gasteiger partial charge in [-0.1, -0.05) is 23.7 Å². The summed E-state index contributed by atoms with van der Waals surface area (Å²) in [4.78, 5) is 8.17. The van der Waals surface area contributed by atoms with Crippen molar-refractivity contribution in [2.45, 2.75) is 31.9 Å². The molecule has 2 heterocycles. The van der Waals surface area contributed by atoms with Crippen LogP contribution in [0.25, 0.3) is 0 Å². The van der Waals surface area contributed by atoms with Crippen LogP contribution in [0.2, 0.25) is 5.15 Å². The fourth-order valence-electron chi connectivity index (χ4n) is 2.84. The third kappa shape index (κ3) is 4.89. The molecule has 1 unspecified atom stereocenters. The van der Waals surface area contributed by atoms with Gasteiger partial charge < -0.3 is 15.8 Å². The van der Waals surface area contributed by atoms with Crippen molar-refractivity contribution in [3.8, 4) is 0 Å². The first-order valence-electron chi connectivity index (χ1n) is 7.90. The molecule has 5 nitrogen and oxygen atoms in total. The summed E-state index contributed by atoms with van der Waals surface area (Å²) < 4.78 is 5.39. The summed E-state index contributed by atoms with van der Waals surface area (Å²) in [6.07, 6.45) is 7.37. The van der Waals surface area contributed by atoms with E-state index in [-0.39, 0.29) is 6.23 Å². The van der Waals surface area contributed by atoms with Crippen molar-refractivity contribution in [3.63, 3.8) is 0 Å². The summed E-state index contributed by atoms with van der Waals surface area (Å²) in [5, 5.41) is 3.57. The lowest BCUT2D eigenvalue weighted by Crippen LogP contribution is -2.32. The van der Waals surface area contributed by atoms with Crippen molar-refractivity contribution in [3.05, 3.63) is 47.4 Å². The molecule has 23 heavy (non-hydrogen) atoms. The molecule has 1 fully saturated rings. The standard InChI is InChI=1S/C17H21ClN4O/c18-15-10-20-11-17(22-15)21-14-5-3-12(4-6-14)1-2-13-7-8-23-16(19)9-13/h3-6,10-11,13,16H,1-2,7-9,19H2,(H,21,22)/t13?,16-/m0/s1. The van der Waals surface area contributed by atoms with Gasteiger partial charge in [0.15, 0.2) is 5.82 Å². The van der Waals surface area contributed by atoms with Crippen LogP contribution in [-0.4, -0.2) is 22.8 Å². The third-order valence-electron chi connectivity index (χ3n) is 4.10. The second-order valence-electron chi connectivity index (χ2n) is 5.89. The number of aryl methyl sites for hydroxylation is 1. The van der Waals surface area contributed by atoms with Gasteiger partial charge in [-0.15, -0.1) is 0 Å². The Morgan fingerprint density at radius 2 is 2.09 bits per heavy atom. The highest BCUT2D eigenvalue weighted by atomic mass is 35.5. The molecule has 2 atom stereocenters. The summed E-state index contributed by atoms with van der Waals surface area (Å²) in [6.45, 7) is 0.787. The third-order valence-corrected chi connectivity index (χ3v) is 4.28. The molecule has 0 spiro atoms. The van der Waals surface area contributed by atoms with Crippen LogP contribution in [0, 0.1) is 5.92 Å². The lowest BCUT2D eigenvalue weighted by Gasteiger charge is -2.26. The van der Waals surface area contributed by atoms with Crippen LogP contribution in [0.3, 0.4) is 0 Å². The second kappa shape index (κ2) is 7.73. The number of nitrogens with one attached hydrogen (secondary N) is 1. The van der Waals surface area contributed by atoms with Crippen molar-refractivity contribution in [2.24, 2.45) is 11.7 Å². The normalized spacial score (nSPS) is 21.1. The highest BCUT2D eigenvalue weighted by Gasteiger charge is 2.19. The Kier molecular flexibility index (Phi) is 5.43. The van der Waals surface area contributed by atoms with Gasteiger partial charge in [0.25, 0.3) is 0 Å². The Morgan fingerprint density at radius 1 is 1.26 bits per heavy atom. The molecule has 1 aromatic carbocycles. The van der Waals surface area contributed by atoms with Gasteiger partial charge in [0.2, 0.25) is 0 Å². The van der Waals surface area contributed by atoms with E-state index in [1.807, 2.05) is 12.1 Å². The average molecular weight is 333 g/mol. The van der Waals surface area contributed by atoms with Gasteiger partial charge in [0.05, 0.1) is 12.4 Å². The van der Waals surface area contributed by atoms with E-state index in [1.165, 1.54) is 11.8 Å². The lowest BCUT2D eigenvalue weighted by atomic mass is 9.92. The summed E-state index contributed by atoms with van der Waals surface area (Å²) >= 11 is 5.83. The van der Waals surface area contributed by atoms with E-state index < -0.39 is 0 Å². The van der Waals surface area contributed by atoms with Crippen molar-refractivity contribution in [2.75, 3.05) is 11.9 Å². The Bertz CT molecular complexity index is 635. The number of nitrogens with zero attached hydrogens (tertiary/aromatic N) is 2. The van der Waals surface area contributed by atoms with Gasteiger partial charge in [0, 0.05) is 12.3 Å². The fraction of sp³-hybridized carbons (Fsp3) is 0.412. The van der Waals surface area contributed by atoms with E-state index in [4.69, 9.17) is 22.1 Å². The zero-order chi connectivity index (χ0) is 16.1. The molecule has 0 radical (unpaired) electrons. The minimum Gasteiger partial charge on any atom is -0.364 e. The summed E-state index contributed by atoms with van der Waals surface area (Å²) in [5.41, 5.74) is 8.14. The Balaban J connectivity index is 1.52. The van der Waals surface area contributed by atoms with E-state index >= 15 is 0 Å². The van der Waals surface area contributed by atoms with Crippen LogP contribution >= 0.6 is 11.6 Å². The smallest absolute Gasteiger partial charge is 0.150 e. The largest absolute Gasteiger partial charge is 0.364 e. The maximum Gasteiger partial charge on any atom is 0.150 e. The SMILES string of the molecule is N[C@@H]1CC(CCc2ccc(Nc3cncc(Cl)n3)cc2)CCO1. The molecule has 1 saturated heterocycles. The summed E-state index contributed by atoms with van der Waals surface area (Å²) in [7, 11) is 0. The maximum atomic E-state index is 5.85. The summed E-state index contributed by atoms with van der Waals surface area (Å²) in [5.74, 6) is 1.31. The number of aromatic nitrogens is 2. The van der Waals surface area contributed by atoms with Crippen LogP contribution < -0.4 is 11.1 Å². The quantitative estimate of drug-likeness (QED) is 0.876. The Labute approximate surface area is 141 Å². The Hall–Kier alpha value is -1.69. The van der Waals surface area contributed by atoms with Crippen molar-refractivity contribution in [1.82, 2.24) is 9.97 Å². The molecule has 1 aliphatic heterocycles. The van der Waals surface area contributed by atoms with Gasteiger partial charge in [0.1, 0.15) is 11.4 Å². The molecule has 6 heteroatoms. The van der Waals surface area contributed by atoms with Crippen LogP contribution in [0.1, 0.15) is 24.8 Å². The number of halogens is 1.